The highest BCUT2D eigenvalue weighted by Gasteiger charge is 2.25. The molecule has 72 valence electrons. The molecule has 2 aliphatic rings. The monoisotopic (exact) mass is 186 g/mol. The second-order valence-electron chi connectivity index (χ2n) is 4.51. The maximum Gasteiger partial charge on any atom is 0.116 e. The van der Waals surface area contributed by atoms with Crippen molar-refractivity contribution in [1.29, 1.82) is 0 Å². The van der Waals surface area contributed by atoms with E-state index in [2.05, 4.69) is 13.0 Å². The molecule has 1 unspecified atom stereocenters. The molecule has 1 aromatic rings. The molecule has 0 aliphatic heterocycles. The average Bonchev–Trinajstić information content (AvgIpc) is 2.48. The van der Waals surface area contributed by atoms with Crippen LogP contribution in [0.2, 0.25) is 0 Å². The zero-order valence-electron chi connectivity index (χ0n) is 8.38. The molecule has 0 heterocycles. The first-order valence-corrected chi connectivity index (χ1v) is 5.30. The van der Waals surface area contributed by atoms with Gasteiger partial charge >= 0.3 is 0 Å². The maximum atomic E-state index is 9.59. The molecule has 0 spiro atoms. The summed E-state index contributed by atoms with van der Waals surface area (Å²) in [5.41, 5.74) is 5.65. The number of phenols is 1. The number of hydrogen-bond acceptors (Lipinski definition) is 1. The molecule has 1 atom stereocenters. The van der Waals surface area contributed by atoms with Gasteiger partial charge in [-0.15, -0.1) is 0 Å². The number of benzene rings is 1. The van der Waals surface area contributed by atoms with Gasteiger partial charge in [0.05, 0.1) is 0 Å². The van der Waals surface area contributed by atoms with Crippen LogP contribution in [0, 0.1) is 5.92 Å². The fraction of sp³-hybridized carbons (Fsp3) is 0.385. The van der Waals surface area contributed by atoms with Gasteiger partial charge in [-0.1, -0.05) is 13.0 Å². The first-order chi connectivity index (χ1) is 6.74. The van der Waals surface area contributed by atoms with Crippen LogP contribution in [0.25, 0.3) is 5.57 Å². The molecule has 1 heteroatoms. The van der Waals surface area contributed by atoms with Crippen molar-refractivity contribution in [2.75, 3.05) is 0 Å². The summed E-state index contributed by atoms with van der Waals surface area (Å²) in [6.45, 7) is 2.25. The molecule has 0 fully saturated rings. The highest BCUT2D eigenvalue weighted by atomic mass is 16.3. The van der Waals surface area contributed by atoms with Crippen LogP contribution in [0.3, 0.4) is 0 Å². The van der Waals surface area contributed by atoms with Crippen LogP contribution in [0.5, 0.6) is 5.75 Å². The standard InChI is InChI=1S/C13H14O/c1-8-4-9-2-3-10-6-12(14)7-11(5-8)13(9)10/h4,6-8,14H,2-3,5H2,1H3. The zero-order chi connectivity index (χ0) is 9.71. The first kappa shape index (κ1) is 8.10. The number of allylic oxidation sites excluding steroid dienone is 2. The number of aromatic hydroxyl groups is 1. The molecule has 1 N–H and O–H groups in total. The van der Waals surface area contributed by atoms with E-state index < -0.39 is 0 Å². The van der Waals surface area contributed by atoms with Crippen LogP contribution in [-0.4, -0.2) is 5.11 Å². The summed E-state index contributed by atoms with van der Waals surface area (Å²) in [4.78, 5) is 0. The van der Waals surface area contributed by atoms with Crippen molar-refractivity contribution in [3.63, 3.8) is 0 Å². The fourth-order valence-electron chi connectivity index (χ4n) is 2.83. The second-order valence-corrected chi connectivity index (χ2v) is 4.51. The van der Waals surface area contributed by atoms with Crippen molar-refractivity contribution >= 4 is 5.57 Å². The van der Waals surface area contributed by atoms with Crippen LogP contribution in [0.4, 0.5) is 0 Å². The van der Waals surface area contributed by atoms with Crippen molar-refractivity contribution in [2.45, 2.75) is 26.2 Å². The van der Waals surface area contributed by atoms with Crippen molar-refractivity contribution in [1.82, 2.24) is 0 Å². The third-order valence-corrected chi connectivity index (χ3v) is 3.30. The number of hydrogen-bond donors (Lipinski definition) is 1. The molecule has 0 saturated carbocycles. The predicted molar refractivity (Wildman–Crippen MR) is 57.3 cm³/mol. The molecular weight excluding hydrogens is 172 g/mol. The normalized spacial score (nSPS) is 23.2. The van der Waals surface area contributed by atoms with E-state index in [1.807, 2.05) is 12.1 Å². The number of aryl methyl sites for hydroxylation is 1. The molecule has 1 aromatic carbocycles. The lowest BCUT2D eigenvalue weighted by molar-refractivity contribution is 0.473. The van der Waals surface area contributed by atoms with Gasteiger partial charge in [-0.3, -0.25) is 0 Å². The van der Waals surface area contributed by atoms with Gasteiger partial charge in [0.2, 0.25) is 0 Å². The second kappa shape index (κ2) is 2.63. The van der Waals surface area contributed by atoms with Gasteiger partial charge in [0.1, 0.15) is 5.75 Å². The average molecular weight is 186 g/mol. The van der Waals surface area contributed by atoms with Gasteiger partial charge in [0, 0.05) is 0 Å². The van der Waals surface area contributed by atoms with Crippen LogP contribution in [-0.2, 0) is 12.8 Å². The molecule has 0 saturated heterocycles. The lowest BCUT2D eigenvalue weighted by atomic mass is 9.86. The van der Waals surface area contributed by atoms with Crippen LogP contribution >= 0.6 is 0 Å². The van der Waals surface area contributed by atoms with Crippen LogP contribution < -0.4 is 0 Å². The van der Waals surface area contributed by atoms with Crippen molar-refractivity contribution in [3.05, 3.63) is 34.9 Å². The lowest BCUT2D eigenvalue weighted by Gasteiger charge is -2.19. The molecule has 0 bridgehead atoms. The Morgan fingerprint density at radius 1 is 1.21 bits per heavy atom. The summed E-state index contributed by atoms with van der Waals surface area (Å²) in [6.07, 6.45) is 5.75. The van der Waals surface area contributed by atoms with Gasteiger partial charge < -0.3 is 5.11 Å². The summed E-state index contributed by atoms with van der Waals surface area (Å²) in [5.74, 6) is 1.07. The zero-order valence-corrected chi connectivity index (χ0v) is 8.38. The largest absolute Gasteiger partial charge is 0.508 e. The van der Waals surface area contributed by atoms with E-state index in [0.29, 0.717) is 11.7 Å². The van der Waals surface area contributed by atoms with E-state index in [9.17, 15) is 5.11 Å². The van der Waals surface area contributed by atoms with E-state index in [-0.39, 0.29) is 0 Å². The lowest BCUT2D eigenvalue weighted by Crippen LogP contribution is -2.05. The van der Waals surface area contributed by atoms with Gasteiger partial charge in [-0.2, -0.15) is 0 Å². The highest BCUT2D eigenvalue weighted by molar-refractivity contribution is 5.77. The SMILES string of the molecule is CC1C=C2CCc3cc(O)cc(c32)C1. The van der Waals surface area contributed by atoms with Crippen molar-refractivity contribution < 1.29 is 5.11 Å². The van der Waals surface area contributed by atoms with E-state index in [4.69, 9.17) is 0 Å². The van der Waals surface area contributed by atoms with E-state index in [1.54, 1.807) is 0 Å². The molecule has 2 aliphatic carbocycles. The third-order valence-electron chi connectivity index (χ3n) is 3.30. The van der Waals surface area contributed by atoms with E-state index in [1.165, 1.54) is 22.3 Å². The molecule has 0 aromatic heterocycles. The topological polar surface area (TPSA) is 20.2 Å². The number of rotatable bonds is 0. The Balaban J connectivity index is 2.27. The number of phenolic OH excluding ortho intramolecular Hbond substituents is 1. The Labute approximate surface area is 84.1 Å². The first-order valence-electron chi connectivity index (χ1n) is 5.30. The fourth-order valence-corrected chi connectivity index (χ4v) is 2.83. The van der Waals surface area contributed by atoms with Gasteiger partial charge in [0.15, 0.2) is 0 Å². The minimum Gasteiger partial charge on any atom is -0.508 e. The Morgan fingerprint density at radius 2 is 2.00 bits per heavy atom. The van der Waals surface area contributed by atoms with Crippen LogP contribution in [0.15, 0.2) is 18.2 Å². The van der Waals surface area contributed by atoms with Crippen molar-refractivity contribution in [2.24, 2.45) is 5.92 Å². The Kier molecular flexibility index (Phi) is 1.52. The summed E-state index contributed by atoms with van der Waals surface area (Å²) in [6, 6.07) is 3.86. The summed E-state index contributed by atoms with van der Waals surface area (Å²) in [7, 11) is 0. The van der Waals surface area contributed by atoms with Crippen LogP contribution in [0.1, 0.15) is 30.0 Å². The maximum absolute atomic E-state index is 9.59. The van der Waals surface area contributed by atoms with Gasteiger partial charge in [-0.05, 0) is 59.6 Å². The summed E-state index contributed by atoms with van der Waals surface area (Å²) < 4.78 is 0. The molecule has 3 rings (SSSR count). The highest BCUT2D eigenvalue weighted by Crippen LogP contribution is 2.41. The molecule has 0 radical (unpaired) electrons. The van der Waals surface area contributed by atoms with Crippen molar-refractivity contribution in [3.8, 4) is 5.75 Å². The Hall–Kier alpha value is -1.24. The Morgan fingerprint density at radius 3 is 2.86 bits per heavy atom. The third kappa shape index (κ3) is 1.02. The minimum absolute atomic E-state index is 0.439. The Bertz CT molecular complexity index is 429. The predicted octanol–water partition coefficient (Wildman–Crippen LogP) is 2.91. The molecule has 14 heavy (non-hydrogen) atoms. The summed E-state index contributed by atoms with van der Waals surface area (Å²) >= 11 is 0. The molecule has 1 nitrogen and oxygen atoms in total. The van der Waals surface area contributed by atoms with Gasteiger partial charge in [0.25, 0.3) is 0 Å². The van der Waals surface area contributed by atoms with E-state index >= 15 is 0 Å². The summed E-state index contributed by atoms with van der Waals surface area (Å²) in [5, 5.41) is 9.59. The molecular formula is C13H14O. The van der Waals surface area contributed by atoms with Gasteiger partial charge in [-0.25, -0.2) is 0 Å². The minimum atomic E-state index is 0.439. The van der Waals surface area contributed by atoms with E-state index in [0.717, 1.165) is 19.3 Å². The quantitative estimate of drug-likeness (QED) is 0.660. The smallest absolute Gasteiger partial charge is 0.116 e. The molecule has 0 amide bonds.